The molecule has 0 aliphatic carbocycles. The van der Waals surface area contributed by atoms with Gasteiger partial charge in [0.25, 0.3) is 5.91 Å². The summed E-state index contributed by atoms with van der Waals surface area (Å²) < 4.78 is 23.0. The van der Waals surface area contributed by atoms with Crippen molar-refractivity contribution in [3.05, 3.63) is 53.6 Å². The Bertz CT molecular complexity index is 1100. The molecule has 0 bridgehead atoms. The van der Waals surface area contributed by atoms with Gasteiger partial charge in [-0.1, -0.05) is 25.1 Å². The number of fused-ring (bicyclic) bond motifs is 1. The molecule has 2 aromatic rings. The van der Waals surface area contributed by atoms with Gasteiger partial charge in [-0.05, 0) is 57.5 Å². The van der Waals surface area contributed by atoms with Gasteiger partial charge in [-0.3, -0.25) is 4.79 Å². The molecule has 0 radical (unpaired) electrons. The fourth-order valence-electron chi connectivity index (χ4n) is 4.23. The predicted molar refractivity (Wildman–Crippen MR) is 146 cm³/mol. The number of hydrogen-bond donors (Lipinski definition) is 1. The summed E-state index contributed by atoms with van der Waals surface area (Å²) in [6, 6.07) is 12.6. The van der Waals surface area contributed by atoms with Crippen LogP contribution in [0, 0.1) is 5.92 Å². The summed E-state index contributed by atoms with van der Waals surface area (Å²) in [4.78, 5) is 29.6. The van der Waals surface area contributed by atoms with Gasteiger partial charge in [-0.15, -0.1) is 0 Å². The second-order valence-corrected chi connectivity index (χ2v) is 10.9. The number of amides is 2. The molecule has 9 nitrogen and oxygen atoms in total. The number of carbonyl (C=O) groups excluding carboxylic acids is 2. The van der Waals surface area contributed by atoms with E-state index in [2.05, 4.69) is 0 Å². The molecule has 1 heterocycles. The Kier molecular flexibility index (Phi) is 9.49. The summed E-state index contributed by atoms with van der Waals surface area (Å²) in [5, 5.41) is 0. The van der Waals surface area contributed by atoms with Gasteiger partial charge in [0, 0.05) is 19.5 Å². The maximum atomic E-state index is 13.7. The molecular formula is C29H41N3O6. The molecule has 1 aliphatic rings. The first-order valence-corrected chi connectivity index (χ1v) is 12.9. The molecule has 208 valence electrons. The number of rotatable bonds is 8. The standard InChI is InChI=1S/C29H41N3O6/c1-19-15-32(20(2)17-36-18-21-11-13-22(35-7)14-12-21)27(33)23-9-8-10-24(30)26(23)37-25(19)16-31(6)28(34)38-29(3,4)5/h8-14,19-20,25H,15-18,30H2,1-7H3/t19-,20+,25+/m1/s1. The number of methoxy groups -OCH3 is 1. The average Bonchev–Trinajstić information content (AvgIpc) is 2.85. The van der Waals surface area contributed by atoms with Crippen molar-refractivity contribution in [1.82, 2.24) is 9.80 Å². The van der Waals surface area contributed by atoms with Crippen LogP contribution < -0.4 is 15.2 Å². The first-order valence-electron chi connectivity index (χ1n) is 12.9. The molecule has 0 spiro atoms. The normalized spacial score (nSPS) is 18.5. The van der Waals surface area contributed by atoms with Crippen molar-refractivity contribution in [2.75, 3.05) is 39.6 Å². The monoisotopic (exact) mass is 527 g/mol. The molecule has 3 rings (SSSR count). The van der Waals surface area contributed by atoms with Crippen molar-refractivity contribution in [2.24, 2.45) is 5.92 Å². The summed E-state index contributed by atoms with van der Waals surface area (Å²) in [5.74, 6) is 0.844. The molecule has 38 heavy (non-hydrogen) atoms. The van der Waals surface area contributed by atoms with Crippen LogP contribution in [0.3, 0.4) is 0 Å². The topological polar surface area (TPSA) is 104 Å². The average molecular weight is 528 g/mol. The zero-order valence-electron chi connectivity index (χ0n) is 23.5. The minimum atomic E-state index is -0.611. The van der Waals surface area contributed by atoms with E-state index in [-0.39, 0.29) is 24.4 Å². The van der Waals surface area contributed by atoms with Gasteiger partial charge in [-0.25, -0.2) is 4.79 Å². The number of benzene rings is 2. The lowest BCUT2D eigenvalue weighted by Gasteiger charge is -2.38. The molecule has 2 aromatic carbocycles. The van der Waals surface area contributed by atoms with E-state index in [0.717, 1.165) is 11.3 Å². The van der Waals surface area contributed by atoms with Gasteiger partial charge < -0.3 is 34.5 Å². The number of nitrogen functional groups attached to an aromatic ring is 1. The highest BCUT2D eigenvalue weighted by Gasteiger charge is 2.35. The Labute approximate surface area is 225 Å². The van der Waals surface area contributed by atoms with E-state index in [0.29, 0.717) is 36.8 Å². The molecule has 9 heteroatoms. The Balaban J connectivity index is 1.77. The van der Waals surface area contributed by atoms with Gasteiger partial charge in [0.15, 0.2) is 5.75 Å². The van der Waals surface area contributed by atoms with Crippen LogP contribution in [0.5, 0.6) is 11.5 Å². The fourth-order valence-corrected chi connectivity index (χ4v) is 4.23. The lowest BCUT2D eigenvalue weighted by molar-refractivity contribution is 0.00742. The summed E-state index contributed by atoms with van der Waals surface area (Å²) in [6.07, 6.45) is -0.858. The van der Waals surface area contributed by atoms with E-state index in [1.165, 1.54) is 4.90 Å². The van der Waals surface area contributed by atoms with E-state index >= 15 is 0 Å². The SMILES string of the molecule is COc1ccc(COC[C@H](C)N2C[C@@H](C)[C@H](CN(C)C(=O)OC(C)(C)C)Oc3c(N)cccc3C2=O)cc1. The third-order valence-electron chi connectivity index (χ3n) is 6.40. The number of hydrogen-bond acceptors (Lipinski definition) is 7. The molecule has 2 N–H and O–H groups in total. The Hall–Kier alpha value is -3.46. The minimum absolute atomic E-state index is 0.111. The highest BCUT2D eigenvalue weighted by Crippen LogP contribution is 2.33. The maximum Gasteiger partial charge on any atom is 0.410 e. The molecule has 2 amide bonds. The van der Waals surface area contributed by atoms with Crippen LogP contribution in [-0.4, -0.2) is 73.4 Å². The van der Waals surface area contributed by atoms with Crippen molar-refractivity contribution >= 4 is 17.7 Å². The van der Waals surface area contributed by atoms with E-state index in [9.17, 15) is 9.59 Å². The van der Waals surface area contributed by atoms with Crippen LogP contribution >= 0.6 is 0 Å². The van der Waals surface area contributed by atoms with Crippen molar-refractivity contribution in [3.63, 3.8) is 0 Å². The number of carbonyl (C=O) groups is 2. The van der Waals surface area contributed by atoms with Gasteiger partial charge in [0.05, 0.1) is 44.2 Å². The number of para-hydroxylation sites is 1. The lowest BCUT2D eigenvalue weighted by Crippen LogP contribution is -2.50. The summed E-state index contributed by atoms with van der Waals surface area (Å²) in [6.45, 7) is 10.9. The Morgan fingerprint density at radius 2 is 1.89 bits per heavy atom. The highest BCUT2D eigenvalue weighted by atomic mass is 16.6. The van der Waals surface area contributed by atoms with Crippen LogP contribution in [0.1, 0.15) is 50.5 Å². The molecule has 0 unspecified atom stereocenters. The van der Waals surface area contributed by atoms with Gasteiger partial charge >= 0.3 is 6.09 Å². The Morgan fingerprint density at radius 3 is 2.53 bits per heavy atom. The molecule has 0 saturated carbocycles. The second kappa shape index (κ2) is 12.4. The molecule has 0 saturated heterocycles. The zero-order chi connectivity index (χ0) is 28.0. The molecular weight excluding hydrogens is 486 g/mol. The van der Waals surface area contributed by atoms with Crippen LogP contribution in [0.2, 0.25) is 0 Å². The minimum Gasteiger partial charge on any atom is -0.497 e. The third-order valence-corrected chi connectivity index (χ3v) is 6.40. The zero-order valence-corrected chi connectivity index (χ0v) is 23.5. The van der Waals surface area contributed by atoms with Gasteiger partial charge in [-0.2, -0.15) is 0 Å². The van der Waals surface area contributed by atoms with Crippen molar-refractivity contribution in [3.8, 4) is 11.5 Å². The fraction of sp³-hybridized carbons (Fsp3) is 0.517. The summed E-state index contributed by atoms with van der Waals surface area (Å²) in [7, 11) is 3.31. The maximum absolute atomic E-state index is 13.7. The van der Waals surface area contributed by atoms with E-state index in [4.69, 9.17) is 24.7 Å². The number of nitrogens with zero attached hydrogens (tertiary/aromatic N) is 2. The quantitative estimate of drug-likeness (QED) is 0.501. The molecule has 1 aliphatic heterocycles. The number of ether oxygens (including phenoxy) is 4. The summed E-state index contributed by atoms with van der Waals surface area (Å²) in [5.41, 5.74) is 7.43. The van der Waals surface area contributed by atoms with Gasteiger partial charge in [0.2, 0.25) is 0 Å². The van der Waals surface area contributed by atoms with E-state index < -0.39 is 17.8 Å². The van der Waals surface area contributed by atoms with Crippen LogP contribution in [-0.2, 0) is 16.1 Å². The van der Waals surface area contributed by atoms with Gasteiger partial charge in [0.1, 0.15) is 17.5 Å². The van der Waals surface area contributed by atoms with E-state index in [1.807, 2.05) is 58.9 Å². The predicted octanol–water partition coefficient (Wildman–Crippen LogP) is 4.59. The Morgan fingerprint density at radius 1 is 1.21 bits per heavy atom. The number of nitrogens with two attached hydrogens (primary N) is 1. The second-order valence-electron chi connectivity index (χ2n) is 10.9. The van der Waals surface area contributed by atoms with Crippen molar-refractivity contribution in [2.45, 2.75) is 59.0 Å². The van der Waals surface area contributed by atoms with Crippen molar-refractivity contribution in [1.29, 1.82) is 0 Å². The first kappa shape index (κ1) is 29.1. The number of likely N-dealkylation sites (N-methyl/N-ethyl adjacent to an activating group) is 1. The molecule has 0 aromatic heterocycles. The lowest BCUT2D eigenvalue weighted by atomic mass is 9.99. The first-order chi connectivity index (χ1) is 17.9. The van der Waals surface area contributed by atoms with Crippen molar-refractivity contribution < 1.29 is 28.5 Å². The molecule has 3 atom stereocenters. The third kappa shape index (κ3) is 7.54. The smallest absolute Gasteiger partial charge is 0.410 e. The highest BCUT2D eigenvalue weighted by molar-refractivity contribution is 5.99. The number of anilines is 1. The molecule has 0 fully saturated rings. The summed E-state index contributed by atoms with van der Waals surface area (Å²) >= 11 is 0. The van der Waals surface area contributed by atoms with Crippen LogP contribution in [0.4, 0.5) is 10.5 Å². The van der Waals surface area contributed by atoms with E-state index in [1.54, 1.807) is 37.3 Å². The van der Waals surface area contributed by atoms with Crippen LogP contribution in [0.25, 0.3) is 0 Å². The van der Waals surface area contributed by atoms with Crippen LogP contribution in [0.15, 0.2) is 42.5 Å². The largest absolute Gasteiger partial charge is 0.497 e.